The Hall–Kier alpha value is -1.02. The normalized spacial score (nSPS) is 19.0. The van der Waals surface area contributed by atoms with Crippen LogP contribution >= 0.6 is 0 Å². The topological polar surface area (TPSA) is 18.5 Å². The Balaban J connectivity index is 1.88. The Morgan fingerprint density at radius 3 is 2.21 bits per heavy atom. The van der Waals surface area contributed by atoms with Crippen LogP contribution in [0.5, 0.6) is 5.75 Å². The molecule has 2 rings (SSSR count). The van der Waals surface area contributed by atoms with Gasteiger partial charge in [-0.25, -0.2) is 0 Å². The predicted molar refractivity (Wildman–Crippen MR) is 102 cm³/mol. The Labute approximate surface area is 148 Å². The van der Waals surface area contributed by atoms with Crippen molar-refractivity contribution >= 4 is 0 Å². The minimum Gasteiger partial charge on any atom is -0.465 e. The number of hydrogen-bond acceptors (Lipinski definition) is 2. The molecule has 1 aromatic rings. The zero-order valence-electron chi connectivity index (χ0n) is 16.3. The summed E-state index contributed by atoms with van der Waals surface area (Å²) in [4.78, 5) is 0. The summed E-state index contributed by atoms with van der Waals surface area (Å²) in [6.45, 7) is 11.2. The number of benzene rings is 1. The molecule has 0 radical (unpaired) electrons. The summed E-state index contributed by atoms with van der Waals surface area (Å²) < 4.78 is 12.0. The molecule has 2 heteroatoms. The molecule has 0 saturated heterocycles. The van der Waals surface area contributed by atoms with E-state index in [4.69, 9.17) is 9.47 Å². The average Bonchev–Trinajstić information content (AvgIpc) is 2.53. The molecule has 1 fully saturated rings. The SMILES string of the molecule is CCC(CC(C)(C)C)c1ccc(OC(C)OC2CCCCC2)cc1. The van der Waals surface area contributed by atoms with Crippen LogP contribution in [0.15, 0.2) is 24.3 Å². The molecule has 0 N–H and O–H groups in total. The fraction of sp³-hybridized carbons (Fsp3) is 0.727. The molecule has 1 saturated carbocycles. The van der Waals surface area contributed by atoms with E-state index in [1.807, 2.05) is 6.92 Å². The summed E-state index contributed by atoms with van der Waals surface area (Å²) in [7, 11) is 0. The number of rotatable bonds is 7. The molecule has 24 heavy (non-hydrogen) atoms. The Bertz CT molecular complexity index is 466. The Morgan fingerprint density at radius 2 is 1.67 bits per heavy atom. The van der Waals surface area contributed by atoms with E-state index in [0.717, 1.165) is 5.75 Å². The molecule has 0 amide bonds. The van der Waals surface area contributed by atoms with Gasteiger partial charge in [0.1, 0.15) is 5.75 Å². The monoisotopic (exact) mass is 332 g/mol. The molecule has 0 bridgehead atoms. The summed E-state index contributed by atoms with van der Waals surface area (Å²) in [6.07, 6.45) is 8.89. The molecule has 1 aromatic carbocycles. The molecule has 1 aliphatic carbocycles. The minimum absolute atomic E-state index is 0.171. The molecule has 0 aromatic heterocycles. The quantitative estimate of drug-likeness (QED) is 0.518. The smallest absolute Gasteiger partial charge is 0.197 e. The number of ether oxygens (including phenoxy) is 2. The van der Waals surface area contributed by atoms with Crippen LogP contribution in [0.2, 0.25) is 0 Å². The average molecular weight is 333 g/mol. The largest absolute Gasteiger partial charge is 0.465 e. The van der Waals surface area contributed by atoms with Gasteiger partial charge in [0, 0.05) is 0 Å². The lowest BCUT2D eigenvalue weighted by molar-refractivity contribution is -0.116. The van der Waals surface area contributed by atoms with Crippen molar-refractivity contribution < 1.29 is 9.47 Å². The van der Waals surface area contributed by atoms with Crippen LogP contribution in [0.3, 0.4) is 0 Å². The van der Waals surface area contributed by atoms with Crippen LogP contribution in [0.1, 0.15) is 91.0 Å². The Morgan fingerprint density at radius 1 is 1.04 bits per heavy atom. The van der Waals surface area contributed by atoms with Crippen LogP contribution in [0.25, 0.3) is 0 Å². The van der Waals surface area contributed by atoms with Crippen molar-refractivity contribution in [3.8, 4) is 5.75 Å². The van der Waals surface area contributed by atoms with Gasteiger partial charge in [-0.1, -0.05) is 59.1 Å². The van der Waals surface area contributed by atoms with Crippen LogP contribution in [0.4, 0.5) is 0 Å². The molecule has 2 unspecified atom stereocenters. The lowest BCUT2D eigenvalue weighted by Crippen LogP contribution is -2.26. The highest BCUT2D eigenvalue weighted by Gasteiger charge is 2.20. The first-order chi connectivity index (χ1) is 11.4. The van der Waals surface area contributed by atoms with Crippen LogP contribution in [0, 0.1) is 5.41 Å². The van der Waals surface area contributed by atoms with E-state index in [1.54, 1.807) is 0 Å². The second-order valence-corrected chi connectivity index (χ2v) is 8.52. The first kappa shape index (κ1) is 19.3. The first-order valence-electron chi connectivity index (χ1n) is 9.79. The van der Waals surface area contributed by atoms with Crippen molar-refractivity contribution in [2.24, 2.45) is 5.41 Å². The van der Waals surface area contributed by atoms with Gasteiger partial charge in [-0.2, -0.15) is 0 Å². The van der Waals surface area contributed by atoms with Gasteiger partial charge < -0.3 is 9.47 Å². The van der Waals surface area contributed by atoms with E-state index in [2.05, 4.69) is 52.0 Å². The first-order valence-corrected chi connectivity index (χ1v) is 9.79. The lowest BCUT2D eigenvalue weighted by atomic mass is 9.80. The molecule has 136 valence electrons. The van der Waals surface area contributed by atoms with Crippen molar-refractivity contribution in [2.45, 2.75) is 97.9 Å². The van der Waals surface area contributed by atoms with Crippen LogP contribution < -0.4 is 4.74 Å². The van der Waals surface area contributed by atoms with Crippen LogP contribution in [-0.2, 0) is 4.74 Å². The molecular weight excluding hydrogens is 296 g/mol. The molecule has 0 aliphatic heterocycles. The van der Waals surface area contributed by atoms with Gasteiger partial charge in [0.05, 0.1) is 6.10 Å². The van der Waals surface area contributed by atoms with E-state index >= 15 is 0 Å². The van der Waals surface area contributed by atoms with Gasteiger partial charge in [-0.3, -0.25) is 0 Å². The second-order valence-electron chi connectivity index (χ2n) is 8.52. The van der Waals surface area contributed by atoms with Crippen molar-refractivity contribution in [2.75, 3.05) is 0 Å². The molecule has 2 atom stereocenters. The standard InChI is InChI=1S/C22H36O2/c1-6-18(16-22(3,4)5)19-12-14-21(15-13-19)24-17(2)23-20-10-8-7-9-11-20/h12-15,17-18,20H,6-11,16H2,1-5H3. The van der Waals surface area contributed by atoms with Gasteiger partial charge >= 0.3 is 0 Å². The third kappa shape index (κ3) is 6.47. The van der Waals surface area contributed by atoms with Gasteiger partial charge in [-0.15, -0.1) is 0 Å². The third-order valence-corrected chi connectivity index (χ3v) is 4.94. The van der Waals surface area contributed by atoms with Crippen molar-refractivity contribution in [3.05, 3.63) is 29.8 Å². The third-order valence-electron chi connectivity index (χ3n) is 4.94. The zero-order valence-corrected chi connectivity index (χ0v) is 16.3. The molecule has 0 spiro atoms. The summed E-state index contributed by atoms with van der Waals surface area (Å²) in [5.74, 6) is 1.53. The highest BCUT2D eigenvalue weighted by molar-refractivity contribution is 5.29. The summed E-state index contributed by atoms with van der Waals surface area (Å²) in [5, 5.41) is 0. The summed E-state index contributed by atoms with van der Waals surface area (Å²) in [5.41, 5.74) is 1.78. The number of hydrogen-bond donors (Lipinski definition) is 0. The van der Waals surface area contributed by atoms with Crippen molar-refractivity contribution in [1.29, 1.82) is 0 Å². The van der Waals surface area contributed by atoms with E-state index in [-0.39, 0.29) is 6.29 Å². The van der Waals surface area contributed by atoms with E-state index in [0.29, 0.717) is 17.4 Å². The van der Waals surface area contributed by atoms with Gasteiger partial charge in [0.25, 0.3) is 0 Å². The zero-order chi connectivity index (χ0) is 17.6. The fourth-order valence-electron chi connectivity index (χ4n) is 3.75. The summed E-state index contributed by atoms with van der Waals surface area (Å²) in [6, 6.07) is 8.65. The maximum atomic E-state index is 6.04. The fourth-order valence-corrected chi connectivity index (χ4v) is 3.75. The summed E-state index contributed by atoms with van der Waals surface area (Å²) >= 11 is 0. The van der Waals surface area contributed by atoms with E-state index in [1.165, 1.54) is 50.5 Å². The predicted octanol–water partition coefficient (Wildman–Crippen LogP) is 6.69. The lowest BCUT2D eigenvalue weighted by Gasteiger charge is -2.27. The van der Waals surface area contributed by atoms with Gasteiger partial charge in [0.15, 0.2) is 6.29 Å². The molecule has 0 heterocycles. The van der Waals surface area contributed by atoms with Crippen LogP contribution in [-0.4, -0.2) is 12.4 Å². The molecular formula is C22H36O2. The molecule has 2 nitrogen and oxygen atoms in total. The minimum atomic E-state index is -0.171. The second kappa shape index (κ2) is 8.89. The van der Waals surface area contributed by atoms with E-state index < -0.39 is 0 Å². The van der Waals surface area contributed by atoms with Crippen molar-refractivity contribution in [1.82, 2.24) is 0 Å². The maximum Gasteiger partial charge on any atom is 0.197 e. The van der Waals surface area contributed by atoms with Gasteiger partial charge in [-0.05, 0) is 61.6 Å². The maximum absolute atomic E-state index is 6.04. The molecule has 1 aliphatic rings. The Kier molecular flexibility index (Phi) is 7.16. The van der Waals surface area contributed by atoms with E-state index in [9.17, 15) is 0 Å². The van der Waals surface area contributed by atoms with Gasteiger partial charge in [0.2, 0.25) is 0 Å². The highest BCUT2D eigenvalue weighted by Crippen LogP contribution is 2.34. The van der Waals surface area contributed by atoms with Crippen molar-refractivity contribution in [3.63, 3.8) is 0 Å². The highest BCUT2D eigenvalue weighted by atomic mass is 16.7.